The summed E-state index contributed by atoms with van der Waals surface area (Å²) in [6, 6.07) is 14.5. The SMILES string of the molecule is COc1ccc(C2/C(=C(\O)c3ccc(OC)cc3C)C(=O)C(=O)N2c2ccc(F)c(Cl)c2)cc1. The zero-order valence-electron chi connectivity index (χ0n) is 18.6. The summed E-state index contributed by atoms with van der Waals surface area (Å²) < 4.78 is 24.3. The van der Waals surface area contributed by atoms with Gasteiger partial charge in [0.2, 0.25) is 0 Å². The van der Waals surface area contributed by atoms with Gasteiger partial charge in [-0.2, -0.15) is 0 Å². The van der Waals surface area contributed by atoms with Gasteiger partial charge in [-0.05, 0) is 66.6 Å². The molecular formula is C26H21ClFNO5. The van der Waals surface area contributed by atoms with Gasteiger partial charge >= 0.3 is 0 Å². The zero-order valence-corrected chi connectivity index (χ0v) is 19.4. The quantitative estimate of drug-likeness (QED) is 0.299. The van der Waals surface area contributed by atoms with Crippen molar-refractivity contribution in [2.45, 2.75) is 13.0 Å². The van der Waals surface area contributed by atoms with E-state index in [4.69, 9.17) is 21.1 Å². The van der Waals surface area contributed by atoms with Crippen molar-refractivity contribution in [1.82, 2.24) is 0 Å². The fourth-order valence-corrected chi connectivity index (χ4v) is 4.18. The van der Waals surface area contributed by atoms with Crippen LogP contribution in [-0.2, 0) is 9.59 Å². The van der Waals surface area contributed by atoms with Crippen molar-refractivity contribution >= 4 is 34.7 Å². The van der Waals surface area contributed by atoms with Crippen LogP contribution < -0.4 is 14.4 Å². The largest absolute Gasteiger partial charge is 0.507 e. The lowest BCUT2D eigenvalue weighted by Crippen LogP contribution is -2.29. The monoisotopic (exact) mass is 481 g/mol. The van der Waals surface area contributed by atoms with Gasteiger partial charge in [0, 0.05) is 11.3 Å². The van der Waals surface area contributed by atoms with Crippen molar-refractivity contribution in [2.24, 2.45) is 0 Å². The van der Waals surface area contributed by atoms with Crippen LogP contribution in [0.15, 0.2) is 66.2 Å². The number of aliphatic hydroxyl groups excluding tert-OH is 1. The van der Waals surface area contributed by atoms with Crippen LogP contribution in [0, 0.1) is 12.7 Å². The number of ether oxygens (including phenoxy) is 2. The van der Waals surface area contributed by atoms with E-state index in [1.165, 1.54) is 31.3 Å². The second-order valence-corrected chi connectivity index (χ2v) is 8.13. The summed E-state index contributed by atoms with van der Waals surface area (Å²) in [7, 11) is 3.05. The molecule has 1 amide bonds. The molecule has 0 bridgehead atoms. The maximum absolute atomic E-state index is 13.8. The molecule has 1 aliphatic rings. The maximum atomic E-state index is 13.8. The maximum Gasteiger partial charge on any atom is 0.300 e. The minimum absolute atomic E-state index is 0.0936. The summed E-state index contributed by atoms with van der Waals surface area (Å²) in [5.74, 6) is -1.55. The molecule has 1 heterocycles. The predicted octanol–water partition coefficient (Wildman–Crippen LogP) is 5.43. The van der Waals surface area contributed by atoms with E-state index in [1.807, 2.05) is 0 Å². The Morgan fingerprint density at radius 1 is 0.971 bits per heavy atom. The molecule has 4 rings (SSSR count). The molecule has 8 heteroatoms. The van der Waals surface area contributed by atoms with Crippen molar-refractivity contribution in [1.29, 1.82) is 0 Å². The van der Waals surface area contributed by atoms with Crippen LogP contribution in [0.1, 0.15) is 22.7 Å². The number of hydrogen-bond acceptors (Lipinski definition) is 5. The molecule has 174 valence electrons. The van der Waals surface area contributed by atoms with E-state index in [1.54, 1.807) is 49.4 Å². The molecule has 34 heavy (non-hydrogen) atoms. The predicted molar refractivity (Wildman–Crippen MR) is 127 cm³/mol. The van der Waals surface area contributed by atoms with Gasteiger partial charge in [0.05, 0.1) is 30.9 Å². The number of hydrogen-bond donors (Lipinski definition) is 1. The first-order chi connectivity index (χ1) is 16.3. The van der Waals surface area contributed by atoms with Crippen molar-refractivity contribution < 1.29 is 28.6 Å². The number of aryl methyl sites for hydroxylation is 1. The van der Waals surface area contributed by atoms with E-state index < -0.39 is 23.5 Å². The van der Waals surface area contributed by atoms with Crippen molar-refractivity contribution in [3.8, 4) is 11.5 Å². The van der Waals surface area contributed by atoms with Crippen molar-refractivity contribution in [3.05, 3.63) is 93.8 Å². The Balaban J connectivity index is 1.95. The first-order valence-corrected chi connectivity index (χ1v) is 10.7. The minimum atomic E-state index is -0.978. The molecule has 0 radical (unpaired) electrons. The molecule has 3 aromatic carbocycles. The molecule has 0 spiro atoms. The number of amides is 1. The average Bonchev–Trinajstić information content (AvgIpc) is 3.10. The Morgan fingerprint density at radius 2 is 1.62 bits per heavy atom. The van der Waals surface area contributed by atoms with Crippen LogP contribution in [0.4, 0.5) is 10.1 Å². The highest BCUT2D eigenvalue weighted by atomic mass is 35.5. The Hall–Kier alpha value is -3.84. The van der Waals surface area contributed by atoms with E-state index in [0.29, 0.717) is 28.2 Å². The lowest BCUT2D eigenvalue weighted by Gasteiger charge is -2.26. The van der Waals surface area contributed by atoms with Gasteiger partial charge in [-0.15, -0.1) is 0 Å². The second-order valence-electron chi connectivity index (χ2n) is 7.72. The van der Waals surface area contributed by atoms with Crippen LogP contribution in [-0.4, -0.2) is 31.0 Å². The van der Waals surface area contributed by atoms with Crippen molar-refractivity contribution in [3.63, 3.8) is 0 Å². The Bertz CT molecular complexity index is 1320. The fraction of sp³-hybridized carbons (Fsp3) is 0.154. The van der Waals surface area contributed by atoms with Gasteiger partial charge in [0.15, 0.2) is 0 Å². The van der Waals surface area contributed by atoms with E-state index in [-0.39, 0.29) is 22.0 Å². The molecule has 0 saturated carbocycles. The normalized spacial score (nSPS) is 17.2. The van der Waals surface area contributed by atoms with E-state index in [2.05, 4.69) is 0 Å². The molecule has 3 aromatic rings. The summed E-state index contributed by atoms with van der Waals surface area (Å²) in [6.45, 7) is 1.76. The molecule has 1 N–H and O–H groups in total. The number of carbonyl (C=O) groups is 2. The zero-order chi connectivity index (χ0) is 24.6. The third kappa shape index (κ3) is 3.99. The number of Topliss-reactive ketones (excluding diaryl/α,β-unsaturated/α-hetero) is 1. The fourth-order valence-electron chi connectivity index (χ4n) is 4.01. The van der Waals surface area contributed by atoms with E-state index >= 15 is 0 Å². The molecule has 1 unspecified atom stereocenters. The Kier molecular flexibility index (Phi) is 6.30. The summed E-state index contributed by atoms with van der Waals surface area (Å²) >= 11 is 5.97. The van der Waals surface area contributed by atoms with Gasteiger partial charge < -0.3 is 14.6 Å². The number of carbonyl (C=O) groups excluding carboxylic acids is 2. The number of aliphatic hydroxyl groups is 1. The van der Waals surface area contributed by atoms with E-state index in [9.17, 15) is 19.1 Å². The molecule has 1 atom stereocenters. The number of nitrogens with zero attached hydrogens (tertiary/aromatic N) is 1. The summed E-state index contributed by atoms with van der Waals surface area (Å²) in [6.07, 6.45) is 0. The first kappa shape index (κ1) is 23.3. The molecule has 1 aliphatic heterocycles. The topological polar surface area (TPSA) is 76.1 Å². The standard InChI is InChI=1S/C26H21ClFNO5/c1-14-12-18(34-3)9-10-19(14)24(30)22-23(15-4-7-17(33-2)8-5-15)29(26(32)25(22)31)16-6-11-21(28)20(27)13-16/h4-13,23,30H,1-3H3/b24-22+. The van der Waals surface area contributed by atoms with Gasteiger partial charge in [0.1, 0.15) is 23.1 Å². The Morgan fingerprint density at radius 3 is 2.21 bits per heavy atom. The summed E-state index contributed by atoms with van der Waals surface area (Å²) in [4.78, 5) is 27.6. The number of ketones is 1. The van der Waals surface area contributed by atoms with E-state index in [0.717, 1.165) is 6.07 Å². The smallest absolute Gasteiger partial charge is 0.300 e. The molecule has 6 nitrogen and oxygen atoms in total. The van der Waals surface area contributed by atoms with Crippen LogP contribution >= 0.6 is 11.6 Å². The lowest BCUT2D eigenvalue weighted by molar-refractivity contribution is -0.132. The van der Waals surface area contributed by atoms with Gasteiger partial charge in [-0.1, -0.05) is 23.7 Å². The highest BCUT2D eigenvalue weighted by Crippen LogP contribution is 2.43. The number of halogens is 2. The number of benzene rings is 3. The number of methoxy groups -OCH3 is 2. The van der Waals surface area contributed by atoms with Crippen LogP contribution in [0.3, 0.4) is 0 Å². The van der Waals surface area contributed by atoms with Crippen LogP contribution in [0.5, 0.6) is 11.5 Å². The second kappa shape index (κ2) is 9.19. The lowest BCUT2D eigenvalue weighted by atomic mass is 9.93. The van der Waals surface area contributed by atoms with Crippen LogP contribution in [0.25, 0.3) is 5.76 Å². The molecule has 0 aromatic heterocycles. The Labute approximate surface area is 200 Å². The highest BCUT2D eigenvalue weighted by molar-refractivity contribution is 6.51. The van der Waals surface area contributed by atoms with Crippen LogP contribution in [0.2, 0.25) is 5.02 Å². The summed E-state index contributed by atoms with van der Waals surface area (Å²) in [5, 5.41) is 11.1. The number of rotatable bonds is 5. The summed E-state index contributed by atoms with van der Waals surface area (Å²) in [5.41, 5.74) is 1.72. The highest BCUT2D eigenvalue weighted by Gasteiger charge is 2.47. The van der Waals surface area contributed by atoms with Gasteiger partial charge in [-0.25, -0.2) is 4.39 Å². The molecule has 0 aliphatic carbocycles. The van der Waals surface area contributed by atoms with Crippen molar-refractivity contribution in [2.75, 3.05) is 19.1 Å². The molecule has 1 saturated heterocycles. The first-order valence-electron chi connectivity index (χ1n) is 10.3. The third-order valence-corrected chi connectivity index (χ3v) is 6.04. The molecule has 1 fully saturated rings. The number of anilines is 1. The minimum Gasteiger partial charge on any atom is -0.507 e. The average molecular weight is 482 g/mol. The third-order valence-electron chi connectivity index (χ3n) is 5.75. The molecular weight excluding hydrogens is 461 g/mol. The van der Waals surface area contributed by atoms with Gasteiger partial charge in [0.25, 0.3) is 11.7 Å². The van der Waals surface area contributed by atoms with Gasteiger partial charge in [-0.3, -0.25) is 14.5 Å².